The number of halogens is 1. The van der Waals surface area contributed by atoms with E-state index in [2.05, 4.69) is 5.32 Å². The number of non-ortho nitro benzene ring substituents is 1. The van der Waals surface area contributed by atoms with E-state index in [4.69, 9.17) is 10.00 Å². The van der Waals surface area contributed by atoms with Crippen molar-refractivity contribution in [2.24, 2.45) is 0 Å². The van der Waals surface area contributed by atoms with E-state index in [1.165, 1.54) is 18.2 Å². The van der Waals surface area contributed by atoms with Crippen molar-refractivity contribution < 1.29 is 23.6 Å². The van der Waals surface area contributed by atoms with Crippen LogP contribution in [-0.4, -0.2) is 23.4 Å². The average molecular weight is 411 g/mol. The summed E-state index contributed by atoms with van der Waals surface area (Å²) in [6.45, 7) is -0.580. The molecule has 0 unspecified atom stereocenters. The van der Waals surface area contributed by atoms with E-state index < -0.39 is 34.6 Å². The van der Waals surface area contributed by atoms with Crippen molar-refractivity contribution in [1.82, 2.24) is 0 Å². The summed E-state index contributed by atoms with van der Waals surface area (Å²) in [4.78, 5) is 35.2. The predicted octanol–water partition coefficient (Wildman–Crippen LogP) is 3.60. The molecule has 8 nitrogen and oxygen atoms in total. The molecule has 0 bridgehead atoms. The maximum atomic E-state index is 13.3. The Balaban J connectivity index is 1.68. The Kier molecular flexibility index (Phi) is 6.06. The largest absolute Gasteiger partial charge is 0.455 e. The van der Waals surface area contributed by atoms with Crippen LogP contribution in [0.25, 0.3) is 0 Å². The lowest BCUT2D eigenvalue weighted by molar-refractivity contribution is -0.384. The zero-order chi connectivity index (χ0) is 21.7. The minimum atomic E-state index is -0.918. The van der Waals surface area contributed by atoms with Crippen LogP contribution in [-0.2, 0) is 19.7 Å². The molecule has 2 aromatic rings. The van der Waals surface area contributed by atoms with Crippen LogP contribution in [0.15, 0.2) is 42.5 Å². The maximum absolute atomic E-state index is 13.3. The zero-order valence-electron chi connectivity index (χ0n) is 15.9. The van der Waals surface area contributed by atoms with Gasteiger partial charge < -0.3 is 10.1 Å². The molecule has 154 valence electrons. The molecular weight excluding hydrogens is 393 g/mol. The fourth-order valence-electron chi connectivity index (χ4n) is 3.66. The molecule has 2 aromatic carbocycles. The Hall–Kier alpha value is -3.80. The first-order valence-corrected chi connectivity index (χ1v) is 9.27. The molecule has 1 N–H and O–H groups in total. The van der Waals surface area contributed by atoms with Crippen molar-refractivity contribution in [3.8, 4) is 6.07 Å². The van der Waals surface area contributed by atoms with Crippen molar-refractivity contribution in [2.45, 2.75) is 31.1 Å². The molecular formula is C21H18FN3O5. The minimum Gasteiger partial charge on any atom is -0.455 e. The van der Waals surface area contributed by atoms with Crippen molar-refractivity contribution in [1.29, 1.82) is 5.26 Å². The third kappa shape index (κ3) is 4.27. The van der Waals surface area contributed by atoms with Gasteiger partial charge in [-0.3, -0.25) is 19.7 Å². The quantitative estimate of drug-likeness (QED) is 0.440. The van der Waals surface area contributed by atoms with E-state index in [9.17, 15) is 24.1 Å². The van der Waals surface area contributed by atoms with Crippen LogP contribution in [0.1, 0.15) is 36.8 Å². The van der Waals surface area contributed by atoms with Gasteiger partial charge in [0, 0.05) is 12.1 Å². The van der Waals surface area contributed by atoms with Crippen LogP contribution in [0.4, 0.5) is 15.8 Å². The lowest BCUT2D eigenvalue weighted by Gasteiger charge is -2.27. The molecule has 0 aromatic heterocycles. The second kappa shape index (κ2) is 8.69. The van der Waals surface area contributed by atoms with E-state index in [1.54, 1.807) is 18.2 Å². The van der Waals surface area contributed by atoms with E-state index >= 15 is 0 Å². The number of nitriles is 1. The molecule has 1 aliphatic rings. The molecule has 1 amide bonds. The summed E-state index contributed by atoms with van der Waals surface area (Å²) in [5.41, 5.74) is -0.549. The Morgan fingerprint density at radius 3 is 2.47 bits per heavy atom. The van der Waals surface area contributed by atoms with Crippen LogP contribution in [0.2, 0.25) is 0 Å². The van der Waals surface area contributed by atoms with Gasteiger partial charge in [0.15, 0.2) is 6.61 Å². The Labute approximate surface area is 171 Å². The van der Waals surface area contributed by atoms with Crippen molar-refractivity contribution in [2.75, 3.05) is 11.9 Å². The number of benzene rings is 2. The molecule has 0 spiro atoms. The maximum Gasteiger partial charge on any atom is 0.317 e. The predicted molar refractivity (Wildman–Crippen MR) is 104 cm³/mol. The van der Waals surface area contributed by atoms with Crippen LogP contribution < -0.4 is 5.32 Å². The van der Waals surface area contributed by atoms with Crippen molar-refractivity contribution >= 4 is 23.3 Å². The number of nitrogens with zero attached hydrogens (tertiary/aromatic N) is 2. The minimum absolute atomic E-state index is 0.0811. The molecule has 0 aliphatic heterocycles. The second-order valence-electron chi connectivity index (χ2n) is 7.02. The average Bonchev–Trinajstić information content (AvgIpc) is 3.23. The van der Waals surface area contributed by atoms with Gasteiger partial charge in [-0.25, -0.2) is 4.39 Å². The number of carbonyl (C=O) groups excluding carboxylic acids is 2. The highest BCUT2D eigenvalue weighted by Crippen LogP contribution is 2.42. The summed E-state index contributed by atoms with van der Waals surface area (Å²) in [5.74, 6) is -1.65. The normalized spacial score (nSPS) is 14.5. The summed E-state index contributed by atoms with van der Waals surface area (Å²) in [6, 6.07) is 10.9. The number of ether oxygens (including phenoxy) is 1. The third-order valence-corrected chi connectivity index (χ3v) is 5.19. The zero-order valence-corrected chi connectivity index (χ0v) is 15.9. The fraction of sp³-hybridized carbons (Fsp3) is 0.286. The topological polar surface area (TPSA) is 122 Å². The van der Waals surface area contributed by atoms with Gasteiger partial charge in [0.25, 0.3) is 11.6 Å². The van der Waals surface area contributed by atoms with Crippen LogP contribution in [0, 0.1) is 27.3 Å². The lowest BCUT2D eigenvalue weighted by atomic mass is 9.79. The first-order chi connectivity index (χ1) is 14.4. The van der Waals surface area contributed by atoms with Gasteiger partial charge in [-0.2, -0.15) is 5.26 Å². The highest BCUT2D eigenvalue weighted by Gasteiger charge is 2.44. The van der Waals surface area contributed by atoms with E-state index in [1.807, 2.05) is 0 Å². The standard InChI is InChI=1S/C21H18FN3O5/c22-16-5-3-15(4-6-16)21(9-1-2-10-21)20(27)30-13-19(26)24-18-8-7-17(25(28)29)11-14(18)12-23/h3-8,11H,1-2,9-10,13H2,(H,24,26). The first-order valence-electron chi connectivity index (χ1n) is 9.27. The van der Waals surface area contributed by atoms with Gasteiger partial charge in [-0.05, 0) is 36.6 Å². The monoisotopic (exact) mass is 411 g/mol. The molecule has 1 fully saturated rings. The number of rotatable bonds is 6. The molecule has 0 radical (unpaired) electrons. The summed E-state index contributed by atoms with van der Waals surface area (Å²) >= 11 is 0. The molecule has 0 atom stereocenters. The molecule has 1 saturated carbocycles. The molecule has 3 rings (SSSR count). The number of hydrogen-bond acceptors (Lipinski definition) is 6. The Bertz CT molecular complexity index is 1020. The molecule has 9 heteroatoms. The number of nitro benzene ring substituents is 1. The number of esters is 1. The number of hydrogen-bond donors (Lipinski definition) is 1. The molecule has 1 aliphatic carbocycles. The SMILES string of the molecule is N#Cc1cc([N+](=O)[O-])ccc1NC(=O)COC(=O)C1(c2ccc(F)cc2)CCCC1. The highest BCUT2D eigenvalue weighted by atomic mass is 19.1. The lowest BCUT2D eigenvalue weighted by Crippen LogP contribution is -2.36. The number of carbonyl (C=O) groups is 2. The van der Waals surface area contributed by atoms with Gasteiger partial charge in [-0.1, -0.05) is 25.0 Å². The highest BCUT2D eigenvalue weighted by molar-refractivity contribution is 5.95. The summed E-state index contributed by atoms with van der Waals surface area (Å²) < 4.78 is 18.5. The molecule has 0 saturated heterocycles. The van der Waals surface area contributed by atoms with E-state index in [0.717, 1.165) is 25.0 Å². The van der Waals surface area contributed by atoms with Gasteiger partial charge in [0.05, 0.1) is 21.6 Å². The van der Waals surface area contributed by atoms with Gasteiger partial charge in [0.1, 0.15) is 11.9 Å². The number of anilines is 1. The van der Waals surface area contributed by atoms with Gasteiger partial charge in [0.2, 0.25) is 0 Å². The molecule has 0 heterocycles. The van der Waals surface area contributed by atoms with Crippen molar-refractivity contribution in [3.63, 3.8) is 0 Å². The van der Waals surface area contributed by atoms with Crippen LogP contribution >= 0.6 is 0 Å². The fourth-order valence-corrected chi connectivity index (χ4v) is 3.66. The van der Waals surface area contributed by atoms with E-state index in [-0.39, 0.29) is 16.9 Å². The summed E-state index contributed by atoms with van der Waals surface area (Å²) in [5, 5.41) is 22.4. The Morgan fingerprint density at radius 1 is 1.20 bits per heavy atom. The Morgan fingerprint density at radius 2 is 1.87 bits per heavy atom. The van der Waals surface area contributed by atoms with Crippen LogP contribution in [0.3, 0.4) is 0 Å². The van der Waals surface area contributed by atoms with Gasteiger partial charge in [-0.15, -0.1) is 0 Å². The first kappa shape index (κ1) is 20.9. The molecule has 30 heavy (non-hydrogen) atoms. The number of amides is 1. The third-order valence-electron chi connectivity index (χ3n) is 5.19. The van der Waals surface area contributed by atoms with Gasteiger partial charge >= 0.3 is 5.97 Å². The number of nitro groups is 1. The second-order valence-corrected chi connectivity index (χ2v) is 7.02. The van der Waals surface area contributed by atoms with E-state index in [0.29, 0.717) is 18.4 Å². The smallest absolute Gasteiger partial charge is 0.317 e. The van der Waals surface area contributed by atoms with Crippen LogP contribution in [0.5, 0.6) is 0 Å². The number of nitrogens with one attached hydrogen (secondary N) is 1. The summed E-state index contributed by atoms with van der Waals surface area (Å²) in [6.07, 6.45) is 2.71. The summed E-state index contributed by atoms with van der Waals surface area (Å²) in [7, 11) is 0. The van der Waals surface area contributed by atoms with Crippen molar-refractivity contribution in [3.05, 3.63) is 69.5 Å².